The lowest BCUT2D eigenvalue weighted by molar-refractivity contribution is 0.268. The van der Waals surface area contributed by atoms with Gasteiger partial charge in [0.15, 0.2) is 5.96 Å². The van der Waals surface area contributed by atoms with Crippen LogP contribution >= 0.6 is 35.6 Å². The zero-order valence-corrected chi connectivity index (χ0v) is 17.7. The molecule has 2 N–H and O–H groups in total. The number of halogens is 2. The van der Waals surface area contributed by atoms with E-state index in [1.54, 1.807) is 7.05 Å². The highest BCUT2D eigenvalue weighted by Crippen LogP contribution is 2.10. The normalized spacial score (nSPS) is 11.5. The van der Waals surface area contributed by atoms with Crippen LogP contribution in [0.25, 0.3) is 0 Å². The van der Waals surface area contributed by atoms with Gasteiger partial charge in [0.05, 0.1) is 0 Å². The molecule has 0 saturated carbocycles. The van der Waals surface area contributed by atoms with E-state index < -0.39 is 0 Å². The number of benzene rings is 1. The van der Waals surface area contributed by atoms with E-state index >= 15 is 0 Å². The minimum absolute atomic E-state index is 0. The van der Waals surface area contributed by atoms with Gasteiger partial charge in [-0.25, -0.2) is 0 Å². The SMILES string of the molecule is CN=C(NCCCCN(C)C(C)C)NCc1cccc(Cl)c1.I. The van der Waals surface area contributed by atoms with Gasteiger partial charge in [-0.1, -0.05) is 23.7 Å². The van der Waals surface area contributed by atoms with Crippen LogP contribution in [-0.2, 0) is 6.54 Å². The summed E-state index contributed by atoms with van der Waals surface area (Å²) >= 11 is 5.98. The molecule has 0 aliphatic rings. The number of hydrogen-bond acceptors (Lipinski definition) is 2. The third-order valence-electron chi connectivity index (χ3n) is 3.68. The Labute approximate surface area is 163 Å². The number of hydrogen-bond donors (Lipinski definition) is 2. The second-order valence-corrected chi connectivity index (χ2v) is 6.20. The Kier molecular flexibility index (Phi) is 12.5. The van der Waals surface area contributed by atoms with Crippen molar-refractivity contribution in [3.05, 3.63) is 34.9 Å². The minimum atomic E-state index is 0. The van der Waals surface area contributed by atoms with Crippen LogP contribution in [0.5, 0.6) is 0 Å². The van der Waals surface area contributed by atoms with Crippen molar-refractivity contribution >= 4 is 41.5 Å². The summed E-state index contributed by atoms with van der Waals surface area (Å²) < 4.78 is 0. The largest absolute Gasteiger partial charge is 0.356 e. The van der Waals surface area contributed by atoms with Crippen LogP contribution < -0.4 is 10.6 Å². The Balaban J connectivity index is 0.00000484. The van der Waals surface area contributed by atoms with E-state index in [1.807, 2.05) is 24.3 Å². The number of guanidine groups is 1. The Morgan fingerprint density at radius 2 is 2.00 bits per heavy atom. The van der Waals surface area contributed by atoms with Gasteiger partial charge in [-0.3, -0.25) is 4.99 Å². The summed E-state index contributed by atoms with van der Waals surface area (Å²) in [6.45, 7) is 7.23. The molecule has 0 amide bonds. The Bertz CT molecular complexity index is 466. The van der Waals surface area contributed by atoms with E-state index in [4.69, 9.17) is 11.6 Å². The number of nitrogens with zero attached hydrogens (tertiary/aromatic N) is 2. The number of aliphatic imine (C=N–C) groups is 1. The first-order valence-corrected chi connectivity index (χ1v) is 8.30. The van der Waals surface area contributed by atoms with E-state index in [0.717, 1.165) is 42.6 Å². The molecule has 23 heavy (non-hydrogen) atoms. The number of unbranched alkanes of at least 4 members (excludes halogenated alkanes) is 1. The van der Waals surface area contributed by atoms with Crippen molar-refractivity contribution in [1.29, 1.82) is 0 Å². The molecule has 0 radical (unpaired) electrons. The first-order chi connectivity index (χ1) is 10.5. The maximum absolute atomic E-state index is 5.98. The second kappa shape index (κ2) is 12.8. The molecule has 0 saturated heterocycles. The lowest BCUT2D eigenvalue weighted by Gasteiger charge is -2.20. The van der Waals surface area contributed by atoms with E-state index in [-0.39, 0.29) is 24.0 Å². The fraction of sp³-hybridized carbons (Fsp3) is 0.588. The second-order valence-electron chi connectivity index (χ2n) is 5.76. The minimum Gasteiger partial charge on any atom is -0.356 e. The van der Waals surface area contributed by atoms with Crippen LogP contribution in [-0.4, -0.2) is 44.1 Å². The Hall–Kier alpha value is -0.530. The average Bonchev–Trinajstić information content (AvgIpc) is 2.49. The van der Waals surface area contributed by atoms with Crippen LogP contribution in [0, 0.1) is 0 Å². The van der Waals surface area contributed by atoms with Gasteiger partial charge in [0, 0.05) is 31.2 Å². The Morgan fingerprint density at radius 3 is 2.61 bits per heavy atom. The predicted octanol–water partition coefficient (Wildman–Crippen LogP) is 3.74. The fourth-order valence-corrected chi connectivity index (χ4v) is 2.22. The lowest BCUT2D eigenvalue weighted by Crippen LogP contribution is -2.37. The molecule has 0 spiro atoms. The molecule has 0 fully saturated rings. The van der Waals surface area contributed by atoms with Crippen molar-refractivity contribution in [2.24, 2.45) is 4.99 Å². The summed E-state index contributed by atoms with van der Waals surface area (Å²) in [5, 5.41) is 7.41. The topological polar surface area (TPSA) is 39.7 Å². The zero-order valence-electron chi connectivity index (χ0n) is 14.6. The monoisotopic (exact) mass is 452 g/mol. The number of nitrogens with one attached hydrogen (secondary N) is 2. The molecule has 132 valence electrons. The van der Waals surface area contributed by atoms with Crippen LogP contribution in [0.1, 0.15) is 32.3 Å². The van der Waals surface area contributed by atoms with Gasteiger partial charge in [0.25, 0.3) is 0 Å². The highest BCUT2D eigenvalue weighted by Gasteiger charge is 2.02. The molecule has 0 unspecified atom stereocenters. The van der Waals surface area contributed by atoms with E-state index in [1.165, 1.54) is 6.42 Å². The first-order valence-electron chi connectivity index (χ1n) is 7.92. The van der Waals surface area contributed by atoms with Gasteiger partial charge < -0.3 is 15.5 Å². The summed E-state index contributed by atoms with van der Waals surface area (Å²) in [6.07, 6.45) is 2.32. The molecule has 1 rings (SSSR count). The van der Waals surface area contributed by atoms with Crippen molar-refractivity contribution in [3.8, 4) is 0 Å². The molecule has 4 nitrogen and oxygen atoms in total. The summed E-state index contributed by atoms with van der Waals surface area (Å²) in [7, 11) is 3.96. The van der Waals surface area contributed by atoms with Gasteiger partial charge in [-0.2, -0.15) is 0 Å². The van der Waals surface area contributed by atoms with Gasteiger partial charge >= 0.3 is 0 Å². The smallest absolute Gasteiger partial charge is 0.191 e. The molecule has 0 atom stereocenters. The van der Waals surface area contributed by atoms with Gasteiger partial charge in [-0.05, 0) is 58.0 Å². The fourth-order valence-electron chi connectivity index (χ4n) is 2.00. The summed E-state index contributed by atoms with van der Waals surface area (Å²) in [5.41, 5.74) is 1.15. The van der Waals surface area contributed by atoms with Crippen molar-refractivity contribution < 1.29 is 0 Å². The zero-order chi connectivity index (χ0) is 16.4. The average molecular weight is 453 g/mol. The van der Waals surface area contributed by atoms with Crippen LogP contribution in [0.4, 0.5) is 0 Å². The molecule has 0 aliphatic carbocycles. The van der Waals surface area contributed by atoms with Crippen LogP contribution in [0.15, 0.2) is 29.3 Å². The molecule has 6 heteroatoms. The van der Waals surface area contributed by atoms with E-state index in [0.29, 0.717) is 6.04 Å². The Morgan fingerprint density at radius 1 is 1.26 bits per heavy atom. The van der Waals surface area contributed by atoms with Gasteiger partial charge in [0.1, 0.15) is 0 Å². The quantitative estimate of drug-likeness (QED) is 0.273. The molecule has 1 aromatic rings. The molecule has 0 bridgehead atoms. The number of rotatable bonds is 8. The van der Waals surface area contributed by atoms with Crippen LogP contribution in [0.3, 0.4) is 0 Å². The summed E-state index contributed by atoms with van der Waals surface area (Å²) in [6, 6.07) is 8.46. The van der Waals surface area contributed by atoms with Crippen LogP contribution in [0.2, 0.25) is 5.02 Å². The maximum Gasteiger partial charge on any atom is 0.191 e. The van der Waals surface area contributed by atoms with Crippen molar-refractivity contribution in [3.63, 3.8) is 0 Å². The third-order valence-corrected chi connectivity index (χ3v) is 3.92. The predicted molar refractivity (Wildman–Crippen MR) is 112 cm³/mol. The molecule has 0 aromatic heterocycles. The van der Waals surface area contributed by atoms with Crippen molar-refractivity contribution in [1.82, 2.24) is 15.5 Å². The standard InChI is InChI=1S/C17H29ClN4.HI/c1-14(2)22(4)11-6-5-10-20-17(19-3)21-13-15-8-7-9-16(18)12-15;/h7-9,12,14H,5-6,10-11,13H2,1-4H3,(H2,19,20,21);1H. The van der Waals surface area contributed by atoms with E-state index in [9.17, 15) is 0 Å². The lowest BCUT2D eigenvalue weighted by atomic mass is 10.2. The highest BCUT2D eigenvalue weighted by molar-refractivity contribution is 14.0. The highest BCUT2D eigenvalue weighted by atomic mass is 127. The van der Waals surface area contributed by atoms with Crippen molar-refractivity contribution in [2.75, 3.05) is 27.2 Å². The van der Waals surface area contributed by atoms with Gasteiger partial charge in [0.2, 0.25) is 0 Å². The van der Waals surface area contributed by atoms with Crippen molar-refractivity contribution in [2.45, 2.75) is 39.3 Å². The van der Waals surface area contributed by atoms with Gasteiger partial charge in [-0.15, -0.1) is 24.0 Å². The first kappa shape index (κ1) is 22.5. The maximum atomic E-state index is 5.98. The summed E-state index contributed by atoms with van der Waals surface area (Å²) in [4.78, 5) is 6.60. The molecule has 0 heterocycles. The molecule has 0 aliphatic heterocycles. The van der Waals surface area contributed by atoms with E-state index in [2.05, 4.69) is 41.4 Å². The summed E-state index contributed by atoms with van der Waals surface area (Å²) in [5.74, 6) is 0.831. The molecule has 1 aromatic carbocycles. The molecular weight excluding hydrogens is 423 g/mol. The third kappa shape index (κ3) is 10.0. The molecular formula is C17H30ClIN4.